The van der Waals surface area contributed by atoms with Gasteiger partial charge in [-0.05, 0) is 0 Å². The maximum atomic E-state index is 5.64. The molecule has 2 aromatic rings. The van der Waals surface area contributed by atoms with E-state index in [2.05, 4.69) is 25.4 Å². The Balaban J connectivity index is 2.46. The molecule has 0 fully saturated rings. The van der Waals surface area contributed by atoms with Crippen molar-refractivity contribution in [2.45, 2.75) is 0 Å². The van der Waals surface area contributed by atoms with E-state index in [0.717, 1.165) is 0 Å². The highest BCUT2D eigenvalue weighted by molar-refractivity contribution is 5.37. The number of aromatic nitrogens is 5. The molecule has 0 saturated heterocycles. The van der Waals surface area contributed by atoms with Crippen LogP contribution in [0.3, 0.4) is 0 Å². The molecule has 0 bridgehead atoms. The molecule has 0 spiro atoms. The fourth-order valence-corrected chi connectivity index (χ4v) is 1.01. The van der Waals surface area contributed by atoms with Crippen LogP contribution in [0.4, 0.5) is 11.9 Å². The molecule has 7 heteroatoms. The summed E-state index contributed by atoms with van der Waals surface area (Å²) >= 11 is 0. The molecule has 0 atom stereocenters. The topological polar surface area (TPSA) is 94.5 Å². The van der Waals surface area contributed by atoms with E-state index in [0.29, 0.717) is 11.8 Å². The third-order valence-electron chi connectivity index (χ3n) is 1.64. The number of rotatable bonds is 2. The van der Waals surface area contributed by atoms with Gasteiger partial charge in [-0.2, -0.15) is 9.67 Å². The van der Waals surface area contributed by atoms with Gasteiger partial charge >= 0.3 is 0 Å². The summed E-state index contributed by atoms with van der Waals surface area (Å²) < 4.78 is 1.44. The molecule has 0 aromatic carbocycles. The summed E-state index contributed by atoms with van der Waals surface area (Å²) in [6.07, 6.45) is 3.04. The van der Waals surface area contributed by atoms with E-state index in [1.807, 2.05) is 0 Å². The van der Waals surface area contributed by atoms with Gasteiger partial charge in [0.25, 0.3) is 0 Å². The Labute approximate surface area is 80.0 Å². The molecule has 0 radical (unpaired) electrons. The zero-order chi connectivity index (χ0) is 9.97. The number of nitrogens with zero attached hydrogens (tertiary/aromatic N) is 5. The Morgan fingerprint density at radius 3 is 2.93 bits per heavy atom. The summed E-state index contributed by atoms with van der Waals surface area (Å²) in [5.41, 5.74) is 5.64. The van der Waals surface area contributed by atoms with E-state index in [1.165, 1.54) is 11.0 Å². The van der Waals surface area contributed by atoms with Gasteiger partial charge in [-0.25, -0.2) is 9.97 Å². The van der Waals surface area contributed by atoms with Gasteiger partial charge in [-0.3, -0.25) is 0 Å². The van der Waals surface area contributed by atoms with Crippen LogP contribution in [0.25, 0.3) is 5.82 Å². The molecule has 2 aromatic heterocycles. The normalized spacial score (nSPS) is 10.1. The number of nitrogen functional groups attached to an aromatic ring is 1. The lowest BCUT2D eigenvalue weighted by molar-refractivity contribution is 0.850. The van der Waals surface area contributed by atoms with Crippen molar-refractivity contribution < 1.29 is 0 Å². The minimum Gasteiger partial charge on any atom is -0.368 e. The second kappa shape index (κ2) is 3.29. The Hall–Kier alpha value is -2.18. The largest absolute Gasteiger partial charge is 0.368 e. The molecule has 0 unspecified atom stereocenters. The lowest BCUT2D eigenvalue weighted by Crippen LogP contribution is -2.04. The molecular weight excluding hydrogens is 182 g/mol. The van der Waals surface area contributed by atoms with Gasteiger partial charge in [0.2, 0.25) is 11.9 Å². The van der Waals surface area contributed by atoms with E-state index >= 15 is 0 Å². The van der Waals surface area contributed by atoms with E-state index < -0.39 is 0 Å². The van der Waals surface area contributed by atoms with Crippen LogP contribution in [-0.2, 0) is 0 Å². The molecule has 0 amide bonds. The SMILES string of the molecule is CNc1nc(N)n(-c2ccncn2)n1. The summed E-state index contributed by atoms with van der Waals surface area (Å²) in [5, 5.41) is 6.87. The average Bonchev–Trinajstić information content (AvgIpc) is 2.61. The van der Waals surface area contributed by atoms with Gasteiger partial charge < -0.3 is 11.1 Å². The maximum Gasteiger partial charge on any atom is 0.244 e. The summed E-state index contributed by atoms with van der Waals surface area (Å²) in [4.78, 5) is 11.8. The van der Waals surface area contributed by atoms with Gasteiger partial charge in [0.05, 0.1) is 0 Å². The Bertz CT molecular complexity index is 421. The lowest BCUT2D eigenvalue weighted by Gasteiger charge is -1.98. The van der Waals surface area contributed by atoms with E-state index in [4.69, 9.17) is 5.73 Å². The van der Waals surface area contributed by atoms with Gasteiger partial charge in [0.1, 0.15) is 6.33 Å². The molecule has 0 saturated carbocycles. The van der Waals surface area contributed by atoms with Crippen molar-refractivity contribution in [2.24, 2.45) is 0 Å². The van der Waals surface area contributed by atoms with E-state index in [-0.39, 0.29) is 5.95 Å². The Kier molecular flexibility index (Phi) is 1.98. The fourth-order valence-electron chi connectivity index (χ4n) is 1.01. The Morgan fingerprint density at radius 1 is 1.50 bits per heavy atom. The van der Waals surface area contributed by atoms with Gasteiger partial charge in [-0.1, -0.05) is 0 Å². The molecular formula is C7H9N7. The fraction of sp³-hybridized carbons (Fsp3) is 0.143. The van der Waals surface area contributed by atoms with Crippen LogP contribution in [-0.4, -0.2) is 31.8 Å². The zero-order valence-corrected chi connectivity index (χ0v) is 7.55. The van der Waals surface area contributed by atoms with Crippen LogP contribution in [0.2, 0.25) is 0 Å². The highest BCUT2D eigenvalue weighted by Gasteiger charge is 2.07. The number of anilines is 2. The first kappa shape index (κ1) is 8.42. The summed E-state index contributed by atoms with van der Waals surface area (Å²) in [5.74, 6) is 1.33. The van der Waals surface area contributed by atoms with Crippen LogP contribution in [0.15, 0.2) is 18.6 Å². The minimum atomic E-state index is 0.285. The predicted molar refractivity (Wildman–Crippen MR) is 50.9 cm³/mol. The molecule has 2 heterocycles. The summed E-state index contributed by atoms with van der Waals surface area (Å²) in [6.45, 7) is 0. The lowest BCUT2D eigenvalue weighted by atomic mass is 10.6. The third-order valence-corrected chi connectivity index (χ3v) is 1.64. The third kappa shape index (κ3) is 1.35. The first-order valence-corrected chi connectivity index (χ1v) is 3.98. The molecule has 14 heavy (non-hydrogen) atoms. The zero-order valence-electron chi connectivity index (χ0n) is 7.55. The van der Waals surface area contributed by atoms with Crippen molar-refractivity contribution in [3.63, 3.8) is 0 Å². The molecule has 0 aliphatic carbocycles. The highest BCUT2D eigenvalue weighted by Crippen LogP contribution is 2.09. The van der Waals surface area contributed by atoms with Crippen molar-refractivity contribution in [2.75, 3.05) is 18.1 Å². The van der Waals surface area contributed by atoms with E-state index in [1.54, 1.807) is 19.3 Å². The second-order valence-corrected chi connectivity index (χ2v) is 2.52. The Morgan fingerprint density at radius 2 is 2.36 bits per heavy atom. The van der Waals surface area contributed by atoms with Crippen molar-refractivity contribution in [1.29, 1.82) is 0 Å². The van der Waals surface area contributed by atoms with Crippen LogP contribution in [0.1, 0.15) is 0 Å². The highest BCUT2D eigenvalue weighted by atomic mass is 15.4. The first-order chi connectivity index (χ1) is 6.81. The van der Waals surface area contributed by atoms with Crippen molar-refractivity contribution in [3.8, 4) is 5.82 Å². The van der Waals surface area contributed by atoms with Gasteiger partial charge in [-0.15, -0.1) is 5.10 Å². The van der Waals surface area contributed by atoms with Crippen molar-refractivity contribution in [3.05, 3.63) is 18.6 Å². The molecule has 72 valence electrons. The summed E-state index contributed by atoms with van der Waals surface area (Å²) in [7, 11) is 1.72. The standard InChI is InChI=1S/C7H9N7/c1-9-7-12-6(8)14(13-7)5-2-3-10-4-11-5/h2-4H,1H3,(H3,8,9,12,13). The number of hydrogen-bond acceptors (Lipinski definition) is 6. The van der Waals surface area contributed by atoms with Crippen LogP contribution in [0, 0.1) is 0 Å². The monoisotopic (exact) mass is 191 g/mol. The minimum absolute atomic E-state index is 0.285. The van der Waals surface area contributed by atoms with Crippen LogP contribution < -0.4 is 11.1 Å². The van der Waals surface area contributed by atoms with Crippen LogP contribution in [0.5, 0.6) is 0 Å². The van der Waals surface area contributed by atoms with E-state index in [9.17, 15) is 0 Å². The maximum absolute atomic E-state index is 5.64. The molecule has 2 rings (SSSR count). The van der Waals surface area contributed by atoms with Crippen molar-refractivity contribution >= 4 is 11.9 Å². The van der Waals surface area contributed by atoms with Gasteiger partial charge in [0, 0.05) is 19.3 Å². The molecule has 3 N–H and O–H groups in total. The molecule has 0 aliphatic heterocycles. The smallest absolute Gasteiger partial charge is 0.244 e. The number of nitrogens with two attached hydrogens (primary N) is 1. The first-order valence-electron chi connectivity index (χ1n) is 3.98. The molecule has 0 aliphatic rings. The summed E-state index contributed by atoms with van der Waals surface area (Å²) in [6, 6.07) is 1.70. The van der Waals surface area contributed by atoms with Crippen LogP contribution >= 0.6 is 0 Å². The predicted octanol–water partition coefficient (Wildman–Crippen LogP) is -0.319. The van der Waals surface area contributed by atoms with Crippen molar-refractivity contribution in [1.82, 2.24) is 24.7 Å². The van der Waals surface area contributed by atoms with Gasteiger partial charge in [0.15, 0.2) is 5.82 Å². The quantitative estimate of drug-likeness (QED) is 0.675. The second-order valence-electron chi connectivity index (χ2n) is 2.52. The average molecular weight is 191 g/mol. The molecule has 7 nitrogen and oxygen atoms in total. The number of hydrogen-bond donors (Lipinski definition) is 2. The number of nitrogens with one attached hydrogen (secondary N) is 1.